The molecule has 0 saturated carbocycles. The lowest BCUT2D eigenvalue weighted by atomic mass is 10.0. The highest BCUT2D eigenvalue weighted by Gasteiger charge is 2.35. The zero-order chi connectivity index (χ0) is 25.4. The molecule has 1 unspecified atom stereocenters. The van der Waals surface area contributed by atoms with E-state index in [0.717, 1.165) is 39.6 Å². The minimum Gasteiger partial charge on any atom is -0.334 e. The summed E-state index contributed by atoms with van der Waals surface area (Å²) in [6, 6.07) is 29.8. The third kappa shape index (κ3) is 4.18. The smallest absolute Gasteiger partial charge is 0.318 e. The molecular weight excluding hydrogens is 465 g/mol. The first kappa shape index (κ1) is 22.8. The first-order valence-electron chi connectivity index (χ1n) is 12.3. The molecule has 0 saturated heterocycles. The molecule has 1 N–H and O–H groups in total. The van der Waals surface area contributed by atoms with E-state index in [-0.39, 0.29) is 17.9 Å². The largest absolute Gasteiger partial charge is 0.334 e. The van der Waals surface area contributed by atoms with E-state index >= 15 is 0 Å². The number of amides is 2. The SMILES string of the molecule is Cc1nn(-c2ccccc2)c2c1CN(C(=O)NCc1ccc(F)cc1)C(c1ccccc1)c1cccn1-2. The van der Waals surface area contributed by atoms with Crippen LogP contribution in [0, 0.1) is 12.7 Å². The molecule has 6 rings (SSSR count). The summed E-state index contributed by atoms with van der Waals surface area (Å²) in [5.74, 6) is 0.629. The zero-order valence-corrected chi connectivity index (χ0v) is 20.4. The Hall–Kier alpha value is -4.65. The van der Waals surface area contributed by atoms with Crippen LogP contribution in [0.4, 0.5) is 9.18 Å². The summed E-state index contributed by atoms with van der Waals surface area (Å²) >= 11 is 0. The number of nitrogens with zero attached hydrogens (tertiary/aromatic N) is 4. The van der Waals surface area contributed by atoms with Crippen molar-refractivity contribution < 1.29 is 9.18 Å². The number of aryl methyl sites for hydroxylation is 1. The number of hydrogen-bond acceptors (Lipinski definition) is 2. The van der Waals surface area contributed by atoms with E-state index in [0.29, 0.717) is 13.1 Å². The second kappa shape index (κ2) is 9.43. The number of hydrogen-bond donors (Lipinski definition) is 1. The highest BCUT2D eigenvalue weighted by molar-refractivity contribution is 5.76. The van der Waals surface area contributed by atoms with Crippen LogP contribution in [-0.2, 0) is 13.1 Å². The molecule has 0 spiro atoms. The normalized spacial score (nSPS) is 14.5. The molecule has 6 nitrogen and oxygen atoms in total. The number of benzene rings is 3. The maximum Gasteiger partial charge on any atom is 0.318 e. The van der Waals surface area contributed by atoms with Crippen molar-refractivity contribution in [3.05, 3.63) is 137 Å². The van der Waals surface area contributed by atoms with Crippen LogP contribution in [-0.4, -0.2) is 25.3 Å². The Morgan fingerprint density at radius 2 is 1.65 bits per heavy atom. The number of aromatic nitrogens is 3. The number of urea groups is 1. The Kier molecular flexibility index (Phi) is 5.81. The Morgan fingerprint density at radius 1 is 0.946 bits per heavy atom. The molecule has 2 amide bonds. The third-order valence-electron chi connectivity index (χ3n) is 6.82. The summed E-state index contributed by atoms with van der Waals surface area (Å²) in [4.78, 5) is 15.7. The van der Waals surface area contributed by atoms with E-state index in [4.69, 9.17) is 5.10 Å². The number of rotatable bonds is 4. The van der Waals surface area contributed by atoms with Gasteiger partial charge in [0.1, 0.15) is 11.6 Å². The van der Waals surface area contributed by atoms with Crippen LogP contribution >= 0.6 is 0 Å². The fourth-order valence-electron chi connectivity index (χ4n) is 5.02. The molecule has 0 bridgehead atoms. The molecule has 3 aromatic carbocycles. The molecule has 1 aliphatic rings. The summed E-state index contributed by atoms with van der Waals surface area (Å²) in [5, 5.41) is 7.93. The van der Waals surface area contributed by atoms with E-state index in [9.17, 15) is 9.18 Å². The first-order chi connectivity index (χ1) is 18.1. The lowest BCUT2D eigenvalue weighted by molar-refractivity contribution is 0.180. The first-order valence-corrected chi connectivity index (χ1v) is 12.3. The van der Waals surface area contributed by atoms with Crippen molar-refractivity contribution in [3.63, 3.8) is 0 Å². The second-order valence-electron chi connectivity index (χ2n) is 9.16. The van der Waals surface area contributed by atoms with E-state index in [2.05, 4.69) is 28.1 Å². The van der Waals surface area contributed by atoms with Crippen LogP contribution in [0.5, 0.6) is 0 Å². The highest BCUT2D eigenvalue weighted by atomic mass is 19.1. The number of para-hydroxylation sites is 1. The van der Waals surface area contributed by atoms with Crippen LogP contribution in [0.1, 0.15) is 34.1 Å². The topological polar surface area (TPSA) is 55.1 Å². The van der Waals surface area contributed by atoms with Gasteiger partial charge in [0.25, 0.3) is 0 Å². The minimum absolute atomic E-state index is 0.203. The third-order valence-corrected chi connectivity index (χ3v) is 6.82. The molecular formula is C30H26FN5O. The van der Waals surface area contributed by atoms with Gasteiger partial charge >= 0.3 is 6.03 Å². The van der Waals surface area contributed by atoms with Gasteiger partial charge in [-0.15, -0.1) is 0 Å². The Bertz CT molecular complexity index is 1540. The van der Waals surface area contributed by atoms with Crippen molar-refractivity contribution in [3.8, 4) is 11.5 Å². The van der Waals surface area contributed by atoms with Gasteiger partial charge in [-0.05, 0) is 54.4 Å². The number of nitrogens with one attached hydrogen (secondary N) is 1. The predicted octanol–water partition coefficient (Wildman–Crippen LogP) is 5.93. The van der Waals surface area contributed by atoms with Gasteiger partial charge in [0.15, 0.2) is 0 Å². The van der Waals surface area contributed by atoms with Crippen molar-refractivity contribution in [2.75, 3.05) is 0 Å². The van der Waals surface area contributed by atoms with Gasteiger partial charge in [-0.1, -0.05) is 60.7 Å². The second-order valence-corrected chi connectivity index (χ2v) is 9.16. The Labute approximate surface area is 214 Å². The van der Waals surface area contributed by atoms with Gasteiger partial charge in [-0.2, -0.15) is 5.10 Å². The van der Waals surface area contributed by atoms with Gasteiger partial charge < -0.3 is 14.8 Å². The Balaban J connectivity index is 1.46. The molecule has 0 aliphatic carbocycles. The average molecular weight is 492 g/mol. The van der Waals surface area contributed by atoms with Crippen LogP contribution in [0.15, 0.2) is 103 Å². The van der Waals surface area contributed by atoms with Gasteiger partial charge in [-0.25, -0.2) is 13.9 Å². The van der Waals surface area contributed by atoms with Crippen molar-refractivity contribution in [2.24, 2.45) is 0 Å². The fourth-order valence-corrected chi connectivity index (χ4v) is 5.02. The number of fused-ring (bicyclic) bond motifs is 3. The molecule has 0 fully saturated rings. The number of carbonyl (C=O) groups is 1. The van der Waals surface area contributed by atoms with Crippen LogP contribution in [0.25, 0.3) is 11.5 Å². The summed E-state index contributed by atoms with van der Waals surface area (Å²) in [6.45, 7) is 2.66. The van der Waals surface area contributed by atoms with E-state index in [1.807, 2.05) is 77.3 Å². The Morgan fingerprint density at radius 3 is 2.38 bits per heavy atom. The molecule has 1 aliphatic heterocycles. The van der Waals surface area contributed by atoms with Crippen molar-refractivity contribution in [2.45, 2.75) is 26.1 Å². The summed E-state index contributed by atoms with van der Waals surface area (Å²) in [6.07, 6.45) is 2.03. The molecule has 5 aromatic rings. The molecule has 2 aromatic heterocycles. The monoisotopic (exact) mass is 491 g/mol. The number of carbonyl (C=O) groups excluding carboxylic acids is 1. The minimum atomic E-state index is -0.319. The lowest BCUT2D eigenvalue weighted by Crippen LogP contribution is -2.41. The van der Waals surface area contributed by atoms with Gasteiger partial charge in [0.05, 0.1) is 29.7 Å². The lowest BCUT2D eigenvalue weighted by Gasteiger charge is -2.31. The predicted molar refractivity (Wildman–Crippen MR) is 140 cm³/mol. The molecule has 3 heterocycles. The molecule has 0 radical (unpaired) electrons. The molecule has 37 heavy (non-hydrogen) atoms. The van der Waals surface area contributed by atoms with Crippen LogP contribution in [0.3, 0.4) is 0 Å². The van der Waals surface area contributed by atoms with Crippen molar-refractivity contribution >= 4 is 6.03 Å². The quantitative estimate of drug-likeness (QED) is 0.339. The maximum absolute atomic E-state index is 13.8. The van der Waals surface area contributed by atoms with E-state index in [1.165, 1.54) is 12.1 Å². The van der Waals surface area contributed by atoms with Gasteiger partial charge in [0.2, 0.25) is 0 Å². The van der Waals surface area contributed by atoms with E-state index < -0.39 is 0 Å². The van der Waals surface area contributed by atoms with Gasteiger partial charge in [0, 0.05) is 18.3 Å². The average Bonchev–Trinajstić information content (AvgIpc) is 3.49. The number of halogens is 1. The van der Waals surface area contributed by atoms with Crippen molar-refractivity contribution in [1.29, 1.82) is 0 Å². The summed E-state index contributed by atoms with van der Waals surface area (Å²) in [5.41, 5.74) is 5.62. The maximum atomic E-state index is 13.8. The standard InChI is InChI=1S/C30H26FN5O/c1-21-26-20-35(30(37)32-19-22-14-16-24(31)17-15-22)28(23-9-4-2-5-10-23)27-13-8-18-34(27)29(26)36(33-21)25-11-6-3-7-12-25/h2-18,28H,19-20H2,1H3,(H,32,37). The van der Waals surface area contributed by atoms with Crippen molar-refractivity contribution in [1.82, 2.24) is 24.6 Å². The summed E-state index contributed by atoms with van der Waals surface area (Å²) in [7, 11) is 0. The fraction of sp³-hybridized carbons (Fsp3) is 0.133. The van der Waals surface area contributed by atoms with Crippen LogP contribution in [0.2, 0.25) is 0 Å². The molecule has 1 atom stereocenters. The summed E-state index contributed by atoms with van der Waals surface area (Å²) < 4.78 is 17.5. The zero-order valence-electron chi connectivity index (χ0n) is 20.4. The van der Waals surface area contributed by atoms with Crippen LogP contribution < -0.4 is 5.32 Å². The van der Waals surface area contributed by atoms with Gasteiger partial charge in [-0.3, -0.25) is 0 Å². The molecule has 7 heteroatoms. The highest BCUT2D eigenvalue weighted by Crippen LogP contribution is 2.38. The molecule has 184 valence electrons. The van der Waals surface area contributed by atoms with E-state index in [1.54, 1.807) is 12.1 Å².